The third-order valence-corrected chi connectivity index (χ3v) is 18.0. The number of fused-ring (bicyclic) bond motifs is 7. The topological polar surface area (TPSA) is 17.1 Å². The number of benzene rings is 9. The van der Waals surface area contributed by atoms with E-state index >= 15 is 0 Å². The van der Waals surface area contributed by atoms with Gasteiger partial charge < -0.3 is 0 Å². The fourth-order valence-corrected chi connectivity index (χ4v) is 15.4. The van der Waals surface area contributed by atoms with Crippen molar-refractivity contribution < 1.29 is 0 Å². The van der Waals surface area contributed by atoms with Gasteiger partial charge in [-0.05, 0) is 97.1 Å². The van der Waals surface area contributed by atoms with Crippen molar-refractivity contribution in [2.75, 3.05) is 0 Å². The molecule has 3 heterocycles. The second-order valence-electron chi connectivity index (χ2n) is 14.6. The molecular formula is C56H41OS3+3. The molecule has 1 nitrogen and oxygen atoms in total. The quantitative estimate of drug-likeness (QED) is 0.128. The Labute approximate surface area is 358 Å². The molecular weight excluding hydrogens is 785 g/mol. The molecule has 1 aliphatic rings. The van der Waals surface area contributed by atoms with E-state index in [2.05, 4.69) is 194 Å². The van der Waals surface area contributed by atoms with Crippen molar-refractivity contribution in [2.24, 2.45) is 0 Å². The summed E-state index contributed by atoms with van der Waals surface area (Å²) >= 11 is 0. The lowest BCUT2D eigenvalue weighted by Crippen LogP contribution is -2.15. The van der Waals surface area contributed by atoms with Gasteiger partial charge in [-0.2, -0.15) is 0 Å². The molecule has 2 aromatic heterocycles. The number of thiophene rings is 1. The molecule has 4 heteroatoms. The van der Waals surface area contributed by atoms with Crippen LogP contribution in [-0.4, -0.2) is 0 Å². The number of hydrogen-bond donors (Lipinski definition) is 0. The third kappa shape index (κ3) is 7.13. The highest BCUT2D eigenvalue weighted by atomic mass is 32.2. The standard InChI is InChI=1S/C19H13OS.C19H15S.C18H13S/c20-19-15-10-4-6-12-17(15)21(14-8-2-1-3-9-14)18-13-7-5-11-16(18)19;1-2-10-17(11-3-1)20-18-12-6-4-8-15(18)14-16-9-5-7-13-19(16)20;1-2-8-14(9-3-1)19-17-12-6-4-10-15(17)16-11-5-7-13-18(16)19/h1-13H;1-13H,14H2;1-13H/q3*+1. The first-order valence-electron chi connectivity index (χ1n) is 20.2. The van der Waals surface area contributed by atoms with Crippen LogP contribution in [0.3, 0.4) is 0 Å². The van der Waals surface area contributed by atoms with Crippen molar-refractivity contribution >= 4 is 72.2 Å². The molecule has 0 saturated carbocycles. The Bertz CT molecular complexity index is 3160. The van der Waals surface area contributed by atoms with Crippen molar-refractivity contribution in [1.29, 1.82) is 0 Å². The molecule has 0 spiro atoms. The van der Waals surface area contributed by atoms with E-state index in [1.54, 1.807) is 0 Å². The number of rotatable bonds is 3. The minimum Gasteiger partial charge on any atom is -0.288 e. The van der Waals surface area contributed by atoms with Gasteiger partial charge in [0.15, 0.2) is 43.3 Å². The van der Waals surface area contributed by atoms with Crippen LogP contribution in [0, 0.1) is 0 Å². The van der Waals surface area contributed by atoms with Crippen LogP contribution < -0.4 is 5.43 Å². The molecule has 9 aromatic carbocycles. The normalized spacial score (nSPS) is 11.9. The highest BCUT2D eigenvalue weighted by molar-refractivity contribution is 7.97. The maximum atomic E-state index is 12.7. The third-order valence-electron chi connectivity index (χ3n) is 10.9. The Morgan fingerprint density at radius 3 is 1.00 bits per heavy atom. The van der Waals surface area contributed by atoms with E-state index in [0.717, 1.165) is 26.6 Å². The van der Waals surface area contributed by atoms with Crippen molar-refractivity contribution in [3.8, 4) is 9.79 Å². The van der Waals surface area contributed by atoms with E-state index in [-0.39, 0.29) is 37.3 Å². The lowest BCUT2D eigenvalue weighted by molar-refractivity contribution is 1.04. The van der Waals surface area contributed by atoms with E-state index in [4.69, 9.17) is 0 Å². The van der Waals surface area contributed by atoms with Crippen molar-refractivity contribution in [1.82, 2.24) is 0 Å². The van der Waals surface area contributed by atoms with E-state index in [9.17, 15) is 4.79 Å². The summed E-state index contributed by atoms with van der Waals surface area (Å²) in [5.41, 5.74) is 3.08. The first-order valence-corrected chi connectivity index (χ1v) is 23.9. The molecule has 0 bridgehead atoms. The van der Waals surface area contributed by atoms with Crippen LogP contribution in [0.1, 0.15) is 11.1 Å². The van der Waals surface area contributed by atoms with Crippen LogP contribution in [0.2, 0.25) is 0 Å². The first-order chi connectivity index (χ1) is 29.7. The molecule has 1 aliphatic heterocycles. The molecule has 0 radical (unpaired) electrons. The molecule has 0 fully saturated rings. The zero-order chi connectivity index (χ0) is 40.3. The highest BCUT2D eigenvalue weighted by Gasteiger charge is 2.36. The maximum absolute atomic E-state index is 12.7. The SMILES string of the molecule is O=c1c2ccccc2[s+](-c2ccccc2)c2ccccc12.c1ccc(-[s+]2c3ccccc3c3ccccc32)cc1.c1ccc([S+]2c3ccccc3Cc3ccccc32)cc1. The molecule has 12 rings (SSSR count). The molecule has 60 heavy (non-hydrogen) atoms. The molecule has 0 aliphatic carbocycles. The molecule has 0 amide bonds. The molecule has 0 N–H and O–H groups in total. The van der Waals surface area contributed by atoms with Crippen molar-refractivity contribution in [3.05, 3.63) is 258 Å². The smallest absolute Gasteiger partial charge is 0.203 e. The summed E-state index contributed by atoms with van der Waals surface area (Å²) in [4.78, 5) is 19.7. The number of hydrogen-bond acceptors (Lipinski definition) is 1. The summed E-state index contributed by atoms with van der Waals surface area (Å²) in [6.45, 7) is 0. The average Bonchev–Trinajstić information content (AvgIpc) is 3.67. The van der Waals surface area contributed by atoms with Gasteiger partial charge in [0.1, 0.15) is 0 Å². The van der Waals surface area contributed by atoms with E-state index < -0.39 is 0 Å². The predicted molar refractivity (Wildman–Crippen MR) is 261 cm³/mol. The van der Waals surface area contributed by atoms with E-state index in [1.807, 2.05) is 42.5 Å². The van der Waals surface area contributed by atoms with Gasteiger partial charge in [-0.1, -0.05) is 140 Å². The first kappa shape index (κ1) is 37.7. The van der Waals surface area contributed by atoms with Crippen LogP contribution in [-0.2, 0) is 17.3 Å². The monoisotopic (exact) mass is 825 g/mol. The fraction of sp³-hybridized carbons (Fsp3) is 0.0179. The molecule has 0 saturated heterocycles. The van der Waals surface area contributed by atoms with E-state index in [1.165, 1.54) is 55.8 Å². The van der Waals surface area contributed by atoms with Gasteiger partial charge in [-0.15, -0.1) is 0 Å². The Morgan fingerprint density at radius 1 is 0.283 bits per heavy atom. The van der Waals surface area contributed by atoms with Crippen LogP contribution in [0.25, 0.3) is 50.1 Å². The van der Waals surface area contributed by atoms with Crippen molar-refractivity contribution in [2.45, 2.75) is 21.1 Å². The molecule has 0 unspecified atom stereocenters. The summed E-state index contributed by atoms with van der Waals surface area (Å²) in [5.74, 6) is 0. The molecule has 286 valence electrons. The average molecular weight is 826 g/mol. The fourth-order valence-electron chi connectivity index (χ4n) is 8.23. The minimum absolute atomic E-state index is 0.0421. The van der Waals surface area contributed by atoms with Gasteiger partial charge in [0.2, 0.25) is 5.43 Å². The second-order valence-corrected chi connectivity index (χ2v) is 20.5. The van der Waals surface area contributed by atoms with Crippen LogP contribution >= 0.6 is 20.9 Å². The largest absolute Gasteiger partial charge is 0.288 e. The summed E-state index contributed by atoms with van der Waals surface area (Å²) in [7, 11) is -0.0979. The lowest BCUT2D eigenvalue weighted by atomic mass is 10.0. The van der Waals surface area contributed by atoms with Crippen LogP contribution in [0.5, 0.6) is 0 Å². The Hall–Kier alpha value is -6.56. The maximum Gasteiger partial charge on any atom is 0.203 e. The van der Waals surface area contributed by atoms with Gasteiger partial charge in [0.25, 0.3) is 0 Å². The van der Waals surface area contributed by atoms with Gasteiger partial charge >= 0.3 is 0 Å². The van der Waals surface area contributed by atoms with Gasteiger partial charge in [0, 0.05) is 49.3 Å². The van der Waals surface area contributed by atoms with Gasteiger partial charge in [0.05, 0.1) is 21.7 Å². The van der Waals surface area contributed by atoms with Crippen LogP contribution in [0.15, 0.2) is 256 Å². The Kier molecular flexibility index (Phi) is 10.7. The highest BCUT2D eigenvalue weighted by Crippen LogP contribution is 2.48. The molecule has 11 aromatic rings. The van der Waals surface area contributed by atoms with Gasteiger partial charge in [-0.25, -0.2) is 0 Å². The Balaban J connectivity index is 0.000000108. The Morgan fingerprint density at radius 2 is 0.583 bits per heavy atom. The zero-order valence-electron chi connectivity index (χ0n) is 32.9. The summed E-state index contributed by atoms with van der Waals surface area (Å²) in [6.07, 6.45) is 1.06. The molecule has 0 atom stereocenters. The predicted octanol–water partition coefficient (Wildman–Crippen LogP) is 15.5. The lowest BCUT2D eigenvalue weighted by Gasteiger charge is -2.19. The van der Waals surface area contributed by atoms with Crippen LogP contribution in [0.4, 0.5) is 0 Å². The zero-order valence-corrected chi connectivity index (χ0v) is 35.3. The van der Waals surface area contributed by atoms with E-state index in [0.29, 0.717) is 0 Å². The minimum atomic E-state index is -0.199. The van der Waals surface area contributed by atoms with Gasteiger partial charge in [-0.3, -0.25) is 4.79 Å². The summed E-state index contributed by atoms with van der Waals surface area (Å²) in [5, 5.41) is 4.46. The summed E-state index contributed by atoms with van der Waals surface area (Å²) < 4.78 is 5.17. The second kappa shape index (κ2) is 17.0. The van der Waals surface area contributed by atoms with Crippen molar-refractivity contribution in [3.63, 3.8) is 0 Å². The summed E-state index contributed by atoms with van der Waals surface area (Å²) in [6, 6.07) is 83.4.